The minimum atomic E-state index is -3.63. The maximum atomic E-state index is 8.52. The van der Waals surface area contributed by atoms with Crippen molar-refractivity contribution in [2.24, 2.45) is 0 Å². The van der Waals surface area contributed by atoms with Crippen LogP contribution in [0.25, 0.3) is 0 Å². The van der Waals surface area contributed by atoms with E-state index >= 15 is 0 Å². The largest absolute Gasteiger partial charge is 1.00 e. The molecule has 0 aliphatic carbocycles. The van der Waals surface area contributed by atoms with Crippen LogP contribution < -0.4 is 43.5 Å². The van der Waals surface area contributed by atoms with Crippen LogP contribution in [-0.4, -0.2) is 16.5 Å². The Morgan fingerprint density at radius 1 is 1.11 bits per heavy atom. The van der Waals surface area contributed by atoms with Crippen molar-refractivity contribution in [3.63, 3.8) is 0 Å². The van der Waals surface area contributed by atoms with Gasteiger partial charge in [0.1, 0.15) is 0 Å². The minimum Gasteiger partial charge on any atom is -0.907 e. The second-order valence-corrected chi connectivity index (χ2v) is 1.04. The Labute approximate surface area is 65.0 Å². The quantitative estimate of drug-likeness (QED) is 0.308. The third-order valence-corrected chi connectivity index (χ3v) is 0. The van der Waals surface area contributed by atoms with E-state index in [1.807, 2.05) is 0 Å². The van der Waals surface area contributed by atoms with Gasteiger partial charge in [0.2, 0.25) is 0 Å². The van der Waals surface area contributed by atoms with E-state index in [0.29, 0.717) is 0 Å². The average Bonchev–Trinajstić information content (AvgIpc) is 1.25. The monoisotopic (exact) mass is 142 g/mol. The van der Waals surface area contributed by atoms with Crippen LogP contribution in [0.4, 0.5) is 0 Å². The molecule has 0 saturated heterocycles. The van der Waals surface area contributed by atoms with Crippen LogP contribution in [0.5, 0.6) is 0 Å². The van der Waals surface area contributed by atoms with Gasteiger partial charge < -0.3 is 29.1 Å². The fourth-order valence-corrected chi connectivity index (χ4v) is 0. The maximum absolute atomic E-state index is 8.52. The van der Waals surface area contributed by atoms with Crippen LogP contribution in [0.2, 0.25) is 0 Å². The van der Waals surface area contributed by atoms with Gasteiger partial charge in [-0.2, -0.15) is 0 Å². The molecule has 0 N–H and O–H groups in total. The molecule has 9 heteroatoms. The molecule has 0 saturated carbocycles. The maximum Gasteiger partial charge on any atom is 1.00 e. The Balaban J connectivity index is -0.0000000720. The summed E-state index contributed by atoms with van der Waals surface area (Å²) in [6.07, 6.45) is 0. The van der Waals surface area contributed by atoms with Crippen molar-refractivity contribution >= 4 is 16.5 Å². The second kappa shape index (κ2) is 11.0. The molecule has 0 aromatic heterocycles. The molecule has 0 amide bonds. The zero-order valence-corrected chi connectivity index (χ0v) is 5.53. The molecule has 48 valence electrons. The summed E-state index contributed by atoms with van der Waals surface area (Å²) in [4.78, 5) is 17.0. The Kier molecular flexibility index (Phi) is 19.7. The first-order chi connectivity index (χ1) is 3.46. The van der Waals surface area contributed by atoms with E-state index in [9.17, 15) is 0 Å². The number of rotatable bonds is 0. The van der Waals surface area contributed by atoms with Gasteiger partial charge in [-0.1, -0.05) is 0 Å². The van der Waals surface area contributed by atoms with Gasteiger partial charge >= 0.3 is 18.9 Å². The molecule has 9 heavy (non-hydrogen) atoms. The molecular weight excluding hydrogens is 142 g/mol. The zero-order chi connectivity index (χ0) is 7.15. The summed E-state index contributed by atoms with van der Waals surface area (Å²) in [5, 5.41) is 25.2. The van der Waals surface area contributed by atoms with Crippen molar-refractivity contribution in [1.82, 2.24) is 0 Å². The molecule has 0 fully saturated rings. The summed E-state index contributed by atoms with van der Waals surface area (Å²) in [6.45, 7) is 0. The SMILES string of the molecule is O=[Si]([O-])[O-].[Li+].[O-]B([O-])[O-]. The molecular formula is BLiO6Si-4. The molecule has 0 aliphatic rings. The van der Waals surface area contributed by atoms with E-state index in [-0.39, 0.29) is 18.9 Å². The van der Waals surface area contributed by atoms with Gasteiger partial charge in [0.15, 0.2) is 0 Å². The van der Waals surface area contributed by atoms with Gasteiger partial charge in [0, 0.05) is 9.17 Å². The van der Waals surface area contributed by atoms with Gasteiger partial charge in [-0.15, -0.1) is 0 Å². The average molecular weight is 142 g/mol. The van der Waals surface area contributed by atoms with Gasteiger partial charge in [-0.05, 0) is 0 Å². The fraction of sp³-hybridized carbons (Fsp3) is 0. The van der Waals surface area contributed by atoms with Crippen molar-refractivity contribution in [3.8, 4) is 0 Å². The molecule has 6 nitrogen and oxygen atoms in total. The smallest absolute Gasteiger partial charge is 0.907 e. The van der Waals surface area contributed by atoms with E-state index in [4.69, 9.17) is 29.1 Å². The molecule has 0 aromatic rings. The minimum absolute atomic E-state index is 0. The van der Waals surface area contributed by atoms with Gasteiger partial charge in [0.25, 0.3) is 0 Å². The van der Waals surface area contributed by atoms with Crippen molar-refractivity contribution < 1.29 is 48.0 Å². The third-order valence-electron chi connectivity index (χ3n) is 0. The second-order valence-electron chi connectivity index (χ2n) is 0.539. The molecule has 0 aliphatic heterocycles. The predicted molar refractivity (Wildman–Crippen MR) is 12.2 cm³/mol. The number of hydrogen-bond donors (Lipinski definition) is 0. The van der Waals surface area contributed by atoms with Crippen molar-refractivity contribution in [3.05, 3.63) is 0 Å². The molecule has 0 atom stereocenters. The first kappa shape index (κ1) is 16.1. The normalized spacial score (nSPS) is 5.67. The van der Waals surface area contributed by atoms with Crippen LogP contribution in [-0.2, 0) is 4.46 Å². The van der Waals surface area contributed by atoms with Gasteiger partial charge in [-0.3, -0.25) is 7.32 Å². The Morgan fingerprint density at radius 3 is 1.11 bits per heavy atom. The van der Waals surface area contributed by atoms with Crippen LogP contribution in [0.1, 0.15) is 0 Å². The number of hydrogen-bond acceptors (Lipinski definition) is 6. The third kappa shape index (κ3) is 12200. The predicted octanol–water partition coefficient (Wildman–Crippen LogP) is -9.82. The summed E-state index contributed by atoms with van der Waals surface area (Å²) < 4.78 is 8.52. The van der Waals surface area contributed by atoms with E-state index < -0.39 is 16.5 Å². The first-order valence-electron chi connectivity index (χ1n) is 1.32. The van der Waals surface area contributed by atoms with E-state index in [0.717, 1.165) is 0 Å². The van der Waals surface area contributed by atoms with Gasteiger partial charge in [0.05, 0.1) is 0 Å². The topological polar surface area (TPSA) is 132 Å². The van der Waals surface area contributed by atoms with Crippen LogP contribution in [0.3, 0.4) is 0 Å². The fourth-order valence-electron chi connectivity index (χ4n) is 0. The molecule has 0 spiro atoms. The molecule has 0 radical (unpaired) electrons. The van der Waals surface area contributed by atoms with Gasteiger partial charge in [-0.25, -0.2) is 0 Å². The van der Waals surface area contributed by atoms with E-state index in [2.05, 4.69) is 0 Å². The van der Waals surface area contributed by atoms with Crippen LogP contribution >= 0.6 is 0 Å². The zero-order valence-electron chi connectivity index (χ0n) is 4.53. The van der Waals surface area contributed by atoms with Crippen LogP contribution in [0, 0.1) is 0 Å². The van der Waals surface area contributed by atoms with E-state index in [1.165, 1.54) is 0 Å². The Bertz CT molecular complexity index is 57.3. The summed E-state index contributed by atoms with van der Waals surface area (Å²) in [6, 6.07) is 0. The van der Waals surface area contributed by atoms with Crippen molar-refractivity contribution in [2.45, 2.75) is 0 Å². The molecule has 0 aromatic carbocycles. The molecule has 0 bridgehead atoms. The Hall–Kier alpha value is 0.159. The summed E-state index contributed by atoms with van der Waals surface area (Å²) in [7, 11) is -6.55. The van der Waals surface area contributed by atoms with Crippen molar-refractivity contribution in [2.75, 3.05) is 0 Å². The summed E-state index contributed by atoms with van der Waals surface area (Å²) in [5.74, 6) is 0. The standard InChI is InChI=1S/BO3.Li.O3Si/c2-1(3)4;;1-4(2)3/q-3;+1;-2. The molecule has 0 unspecified atom stereocenters. The molecule has 0 rings (SSSR count). The van der Waals surface area contributed by atoms with E-state index in [1.54, 1.807) is 0 Å². The Morgan fingerprint density at radius 2 is 1.11 bits per heavy atom. The summed E-state index contributed by atoms with van der Waals surface area (Å²) in [5.41, 5.74) is 0. The first-order valence-corrected chi connectivity index (χ1v) is 2.54. The van der Waals surface area contributed by atoms with Crippen molar-refractivity contribution in [1.29, 1.82) is 0 Å². The molecule has 0 heterocycles. The van der Waals surface area contributed by atoms with Crippen LogP contribution in [0.15, 0.2) is 0 Å². The summed E-state index contributed by atoms with van der Waals surface area (Å²) >= 11 is 0.